The van der Waals surface area contributed by atoms with Gasteiger partial charge in [-0.1, -0.05) is 6.07 Å². The first-order valence-corrected chi connectivity index (χ1v) is 22.5. The second-order valence-electron chi connectivity index (χ2n) is 18.0. The maximum atomic E-state index is 13.5. The van der Waals surface area contributed by atoms with Gasteiger partial charge in [-0.25, -0.2) is 9.83 Å². The van der Waals surface area contributed by atoms with Crippen LogP contribution in [0.4, 0.5) is 17.2 Å². The van der Waals surface area contributed by atoms with Crippen molar-refractivity contribution in [1.82, 2.24) is 35.3 Å². The SMILES string of the molecule is [C-]#[N+]c1ccc(OC2CCC(NC(=O)c3ccc(N4CCC(CN5CCN(c6ccc7c(c6)C(=O)N(C6CCC(=O)NC6=O)C7=O)C[C@H]5CN(C)C)CC4)nc3)CC2)c2cccnc12. The summed E-state index contributed by atoms with van der Waals surface area (Å²) in [6, 6.07) is 15.9. The van der Waals surface area contributed by atoms with E-state index in [9.17, 15) is 24.0 Å². The number of rotatable bonds is 11. The largest absolute Gasteiger partial charge is 0.490 e. The van der Waals surface area contributed by atoms with Gasteiger partial charge in [-0.3, -0.25) is 44.1 Å². The van der Waals surface area contributed by atoms with Gasteiger partial charge in [0.25, 0.3) is 17.7 Å². The molecule has 0 radical (unpaired) electrons. The Balaban J connectivity index is 0.740. The molecule has 5 aliphatic rings. The Labute approximate surface area is 372 Å². The highest BCUT2D eigenvalue weighted by atomic mass is 16.5. The lowest BCUT2D eigenvalue weighted by Gasteiger charge is -2.45. The molecule has 16 nitrogen and oxygen atoms in total. The molecular weight excluding hydrogens is 813 g/mol. The zero-order chi connectivity index (χ0) is 44.5. The number of hydrogen-bond donors (Lipinski definition) is 2. The van der Waals surface area contributed by atoms with Crippen molar-refractivity contribution in [3.63, 3.8) is 0 Å². The number of pyridine rings is 2. The van der Waals surface area contributed by atoms with Crippen molar-refractivity contribution < 1.29 is 28.7 Å². The number of likely N-dealkylation sites (N-methyl/N-ethyl adjacent to an activating group) is 1. The first kappa shape index (κ1) is 42.8. The number of hydrogen-bond acceptors (Lipinski definition) is 12. The van der Waals surface area contributed by atoms with Gasteiger partial charge in [0.1, 0.15) is 17.6 Å². The van der Waals surface area contributed by atoms with E-state index in [4.69, 9.17) is 16.3 Å². The lowest BCUT2D eigenvalue weighted by Crippen LogP contribution is -2.58. The topological polar surface area (TPSA) is 165 Å². The Morgan fingerprint density at radius 3 is 2.42 bits per heavy atom. The van der Waals surface area contributed by atoms with E-state index in [1.807, 2.05) is 36.4 Å². The smallest absolute Gasteiger partial charge is 0.262 e. The van der Waals surface area contributed by atoms with Crippen molar-refractivity contribution in [2.45, 2.75) is 75.6 Å². The van der Waals surface area contributed by atoms with Crippen LogP contribution in [0.5, 0.6) is 5.75 Å². The van der Waals surface area contributed by atoms with Gasteiger partial charge in [-0.2, -0.15) is 0 Å². The zero-order valence-electron chi connectivity index (χ0n) is 36.4. The number of piperidine rings is 2. The first-order valence-electron chi connectivity index (χ1n) is 22.5. The second-order valence-corrected chi connectivity index (χ2v) is 18.0. The summed E-state index contributed by atoms with van der Waals surface area (Å²) in [5, 5.41) is 6.31. The molecule has 64 heavy (non-hydrogen) atoms. The molecule has 4 fully saturated rings. The predicted octanol–water partition coefficient (Wildman–Crippen LogP) is 4.67. The normalized spacial score (nSPS) is 23.3. The van der Waals surface area contributed by atoms with Crippen molar-refractivity contribution >= 4 is 57.6 Å². The minimum atomic E-state index is -0.989. The summed E-state index contributed by atoms with van der Waals surface area (Å²) in [5.74, 6) is 0.0427. The number of benzene rings is 2. The van der Waals surface area contributed by atoms with Crippen LogP contribution in [0.3, 0.4) is 0 Å². The number of anilines is 2. The van der Waals surface area contributed by atoms with Crippen LogP contribution in [0.15, 0.2) is 67.0 Å². The summed E-state index contributed by atoms with van der Waals surface area (Å²) in [4.78, 5) is 87.5. The molecule has 9 rings (SSSR count). The van der Waals surface area contributed by atoms with Crippen LogP contribution in [0.2, 0.25) is 0 Å². The van der Waals surface area contributed by atoms with E-state index < -0.39 is 29.7 Å². The molecule has 1 saturated carbocycles. The molecular formula is C48H54N10O6. The number of ether oxygens (including phenoxy) is 1. The number of carbonyl (C=O) groups is 5. The van der Waals surface area contributed by atoms with Gasteiger partial charge in [0.15, 0.2) is 0 Å². The van der Waals surface area contributed by atoms with Gasteiger partial charge in [0.2, 0.25) is 17.5 Å². The molecule has 5 amide bonds. The highest BCUT2D eigenvalue weighted by Crippen LogP contribution is 2.35. The minimum absolute atomic E-state index is 0.0271. The number of nitrogens with one attached hydrogen (secondary N) is 2. The fourth-order valence-corrected chi connectivity index (χ4v) is 10.1. The van der Waals surface area contributed by atoms with Crippen LogP contribution in [-0.4, -0.2) is 138 Å². The van der Waals surface area contributed by atoms with Crippen molar-refractivity contribution in [3.8, 4) is 5.75 Å². The van der Waals surface area contributed by atoms with Crippen LogP contribution in [0.1, 0.15) is 82.4 Å². The average Bonchev–Trinajstić information content (AvgIpc) is 3.55. The van der Waals surface area contributed by atoms with Gasteiger partial charge in [0, 0.05) is 87.8 Å². The number of imide groups is 2. The number of fused-ring (bicyclic) bond motifs is 2. The maximum Gasteiger partial charge on any atom is 0.262 e. The summed E-state index contributed by atoms with van der Waals surface area (Å²) >= 11 is 0. The summed E-state index contributed by atoms with van der Waals surface area (Å²) in [7, 11) is 4.17. The van der Waals surface area contributed by atoms with Crippen molar-refractivity contribution in [2.75, 3.05) is 69.7 Å². The molecule has 332 valence electrons. The van der Waals surface area contributed by atoms with E-state index in [-0.39, 0.29) is 42.5 Å². The van der Waals surface area contributed by atoms with Crippen LogP contribution in [0, 0.1) is 12.5 Å². The first-order chi connectivity index (χ1) is 31.0. The Morgan fingerprint density at radius 1 is 0.891 bits per heavy atom. The molecule has 0 bridgehead atoms. The molecule has 2 aromatic carbocycles. The third-order valence-corrected chi connectivity index (χ3v) is 13.5. The number of nitrogens with zero attached hydrogens (tertiary/aromatic N) is 8. The molecule has 4 aromatic rings. The third-order valence-electron chi connectivity index (χ3n) is 13.5. The van der Waals surface area contributed by atoms with E-state index in [0.29, 0.717) is 28.2 Å². The zero-order valence-corrected chi connectivity index (χ0v) is 36.4. The van der Waals surface area contributed by atoms with Gasteiger partial charge >= 0.3 is 0 Å². The Kier molecular flexibility index (Phi) is 12.3. The molecule has 4 aliphatic heterocycles. The molecule has 2 N–H and O–H groups in total. The highest BCUT2D eigenvalue weighted by Gasteiger charge is 2.45. The van der Waals surface area contributed by atoms with Crippen LogP contribution < -0.4 is 25.2 Å². The molecule has 16 heteroatoms. The van der Waals surface area contributed by atoms with Crippen LogP contribution in [0.25, 0.3) is 15.7 Å². The average molecular weight is 867 g/mol. The van der Waals surface area contributed by atoms with Crippen molar-refractivity contribution in [3.05, 3.63) is 95.1 Å². The van der Waals surface area contributed by atoms with Crippen molar-refractivity contribution in [2.24, 2.45) is 5.92 Å². The number of carbonyl (C=O) groups excluding carboxylic acids is 5. The standard InChI is InChI=1S/C48H54N10O6/c1-49-39-13-15-41(37-5-4-20-50-44(37)39)64-35-10-7-32(8-11-35)52-45(60)31-6-16-42(51-26-31)55-21-18-30(19-22-55)27-56-23-24-57(29-34(56)28-54(2)3)33-9-12-36-38(25-33)48(63)58(47(36)62)40-14-17-43(59)53-46(40)61/h4-6,9,12-13,15-16,20,25-26,30,32,34-35,40H,7-8,10-11,14,17-19,21-24,27-29H2,2-3H3,(H,52,60)(H,53,59,61)/t32?,34-,35?,40?/m1/s1. The van der Waals surface area contributed by atoms with Crippen LogP contribution in [-0.2, 0) is 9.59 Å². The van der Waals surface area contributed by atoms with E-state index in [1.165, 1.54) is 0 Å². The van der Waals surface area contributed by atoms with Crippen LogP contribution >= 0.6 is 0 Å². The molecule has 3 saturated heterocycles. The minimum Gasteiger partial charge on any atom is -0.490 e. The quantitative estimate of drug-likeness (QED) is 0.159. The summed E-state index contributed by atoms with van der Waals surface area (Å²) in [6.45, 7) is 13.5. The third kappa shape index (κ3) is 8.87. The molecule has 1 unspecified atom stereocenters. The molecule has 2 atom stereocenters. The number of amides is 5. The van der Waals surface area contributed by atoms with Gasteiger partial charge in [-0.15, -0.1) is 0 Å². The van der Waals surface area contributed by atoms with Gasteiger partial charge < -0.3 is 24.8 Å². The van der Waals surface area contributed by atoms with Crippen molar-refractivity contribution in [1.29, 1.82) is 0 Å². The fraction of sp³-hybridized carbons (Fsp3) is 0.458. The monoisotopic (exact) mass is 866 g/mol. The van der Waals surface area contributed by atoms with Gasteiger partial charge in [0.05, 0.1) is 34.9 Å². The lowest BCUT2D eigenvalue weighted by molar-refractivity contribution is -0.136. The van der Waals surface area contributed by atoms with E-state index in [0.717, 1.165) is 112 Å². The lowest BCUT2D eigenvalue weighted by atomic mass is 9.92. The Bertz CT molecular complexity index is 2490. The Morgan fingerprint density at radius 2 is 1.69 bits per heavy atom. The fourth-order valence-electron chi connectivity index (χ4n) is 10.1. The predicted molar refractivity (Wildman–Crippen MR) is 241 cm³/mol. The molecule has 6 heterocycles. The maximum absolute atomic E-state index is 13.5. The second kappa shape index (κ2) is 18.3. The number of aromatic nitrogens is 2. The molecule has 2 aromatic heterocycles. The van der Waals surface area contributed by atoms with E-state index in [1.54, 1.807) is 30.6 Å². The van der Waals surface area contributed by atoms with E-state index >= 15 is 0 Å². The highest BCUT2D eigenvalue weighted by molar-refractivity contribution is 6.23. The summed E-state index contributed by atoms with van der Waals surface area (Å²) in [6.07, 6.45) is 8.94. The Hall–Kier alpha value is -6.44. The number of piperazine rings is 1. The molecule has 1 aliphatic carbocycles. The molecule has 0 spiro atoms. The van der Waals surface area contributed by atoms with Gasteiger partial charge in [-0.05, 0) is 113 Å². The van der Waals surface area contributed by atoms with E-state index in [2.05, 4.69) is 54.2 Å². The summed E-state index contributed by atoms with van der Waals surface area (Å²) < 4.78 is 6.39. The summed E-state index contributed by atoms with van der Waals surface area (Å²) in [5.41, 5.74) is 3.18.